The topological polar surface area (TPSA) is 78.8 Å². The third-order valence-corrected chi connectivity index (χ3v) is 4.99. The predicted molar refractivity (Wildman–Crippen MR) is 112 cm³/mol. The summed E-state index contributed by atoms with van der Waals surface area (Å²) in [5.41, 5.74) is 2.40. The van der Waals surface area contributed by atoms with Crippen molar-refractivity contribution in [1.29, 1.82) is 0 Å². The Kier molecular flexibility index (Phi) is 6.34. The van der Waals surface area contributed by atoms with E-state index in [1.807, 2.05) is 24.3 Å². The highest BCUT2D eigenvalue weighted by molar-refractivity contribution is 6.03. The lowest BCUT2D eigenvalue weighted by molar-refractivity contribution is -0.130. The summed E-state index contributed by atoms with van der Waals surface area (Å²) in [6, 6.07) is 8.90. The molecule has 0 aliphatic carbocycles. The molecule has 1 aliphatic rings. The number of benzene rings is 2. The molecule has 0 saturated heterocycles. The van der Waals surface area contributed by atoms with Crippen molar-refractivity contribution >= 4 is 11.6 Å². The Morgan fingerprint density at radius 3 is 1.87 bits per heavy atom. The second kappa shape index (κ2) is 8.94. The minimum absolute atomic E-state index is 0.168. The largest absolute Gasteiger partial charge is 0.497 e. The molecule has 0 spiro atoms. The Hall–Kier alpha value is -3.42. The monoisotopic (exact) mass is 414 g/mol. The van der Waals surface area contributed by atoms with Gasteiger partial charge in [-0.15, -0.1) is 0 Å². The van der Waals surface area contributed by atoms with Crippen molar-refractivity contribution in [3.05, 3.63) is 41.5 Å². The normalized spacial score (nSPS) is 15.5. The molecule has 8 heteroatoms. The molecule has 2 aromatic carbocycles. The first-order valence-corrected chi connectivity index (χ1v) is 9.36. The second-order valence-corrected chi connectivity index (χ2v) is 6.69. The summed E-state index contributed by atoms with van der Waals surface area (Å²) in [7, 11) is 7.85. The van der Waals surface area contributed by atoms with Gasteiger partial charge >= 0.3 is 0 Å². The zero-order valence-corrected chi connectivity index (χ0v) is 18.0. The van der Waals surface area contributed by atoms with Gasteiger partial charge in [-0.3, -0.25) is 4.79 Å². The molecule has 160 valence electrons. The van der Waals surface area contributed by atoms with Gasteiger partial charge in [-0.05, 0) is 29.8 Å². The van der Waals surface area contributed by atoms with Crippen molar-refractivity contribution in [3.8, 4) is 28.7 Å². The Labute approximate surface area is 175 Å². The number of methoxy groups -OCH3 is 5. The summed E-state index contributed by atoms with van der Waals surface area (Å²) >= 11 is 0. The molecular weight excluding hydrogens is 388 g/mol. The van der Waals surface area contributed by atoms with Crippen LogP contribution in [0.1, 0.15) is 30.5 Å². The summed E-state index contributed by atoms with van der Waals surface area (Å²) < 4.78 is 27.1. The van der Waals surface area contributed by atoms with Crippen LogP contribution in [0.3, 0.4) is 0 Å². The second-order valence-electron chi connectivity index (χ2n) is 6.69. The predicted octanol–water partition coefficient (Wildman–Crippen LogP) is 3.43. The Balaban J connectivity index is 2.04. The molecular formula is C22H26N2O6. The molecule has 3 rings (SSSR count). The lowest BCUT2D eigenvalue weighted by atomic mass is 9.97. The average Bonchev–Trinajstić information content (AvgIpc) is 3.23. The van der Waals surface area contributed by atoms with Crippen LogP contribution in [0, 0.1) is 0 Å². The molecule has 1 unspecified atom stereocenters. The molecule has 0 aromatic heterocycles. The number of hydrogen-bond acceptors (Lipinski definition) is 7. The maximum Gasteiger partial charge on any atom is 0.240 e. The Morgan fingerprint density at radius 2 is 1.43 bits per heavy atom. The van der Waals surface area contributed by atoms with E-state index >= 15 is 0 Å². The quantitative estimate of drug-likeness (QED) is 0.691. The third kappa shape index (κ3) is 3.98. The smallest absolute Gasteiger partial charge is 0.240 e. The van der Waals surface area contributed by atoms with Crippen molar-refractivity contribution in [2.45, 2.75) is 19.4 Å². The summed E-state index contributed by atoms with van der Waals surface area (Å²) in [4.78, 5) is 12.4. The molecule has 1 amide bonds. The number of rotatable bonds is 7. The summed E-state index contributed by atoms with van der Waals surface area (Å²) in [5, 5.41) is 6.07. The van der Waals surface area contributed by atoms with Crippen LogP contribution < -0.4 is 23.7 Å². The van der Waals surface area contributed by atoms with Crippen molar-refractivity contribution in [1.82, 2.24) is 5.01 Å². The Bertz CT molecular complexity index is 925. The maximum absolute atomic E-state index is 12.4. The molecule has 0 bridgehead atoms. The van der Waals surface area contributed by atoms with Crippen LogP contribution >= 0.6 is 0 Å². The van der Waals surface area contributed by atoms with E-state index in [9.17, 15) is 4.79 Å². The van der Waals surface area contributed by atoms with Crippen LogP contribution in [-0.2, 0) is 4.79 Å². The van der Waals surface area contributed by atoms with Gasteiger partial charge in [-0.1, -0.05) is 0 Å². The van der Waals surface area contributed by atoms with Gasteiger partial charge in [0.2, 0.25) is 11.7 Å². The number of amides is 1. The fourth-order valence-electron chi connectivity index (χ4n) is 3.50. The number of carbonyl (C=O) groups is 1. The van der Waals surface area contributed by atoms with Gasteiger partial charge in [0.1, 0.15) is 11.5 Å². The fourth-order valence-corrected chi connectivity index (χ4v) is 3.50. The number of nitrogens with zero attached hydrogens (tertiary/aromatic N) is 2. The molecule has 2 aromatic rings. The highest BCUT2D eigenvalue weighted by Crippen LogP contribution is 2.43. The molecule has 8 nitrogen and oxygen atoms in total. The SMILES string of the molecule is COc1cc(OC)cc(C2=NN(C(C)=O)C(c3cc(OC)c(OC)c(OC)c3)C2)c1. The van der Waals surface area contributed by atoms with E-state index in [-0.39, 0.29) is 11.9 Å². The minimum Gasteiger partial charge on any atom is -0.497 e. The van der Waals surface area contributed by atoms with Crippen LogP contribution in [0.5, 0.6) is 28.7 Å². The molecule has 0 fully saturated rings. The van der Waals surface area contributed by atoms with E-state index in [0.717, 1.165) is 16.8 Å². The van der Waals surface area contributed by atoms with Crippen molar-refractivity contribution in [3.63, 3.8) is 0 Å². The van der Waals surface area contributed by atoms with E-state index in [4.69, 9.17) is 23.7 Å². The maximum atomic E-state index is 12.4. The molecule has 1 aliphatic heterocycles. The van der Waals surface area contributed by atoms with E-state index in [2.05, 4.69) is 5.10 Å². The van der Waals surface area contributed by atoms with E-state index in [1.165, 1.54) is 11.9 Å². The average molecular weight is 414 g/mol. The first kappa shape index (κ1) is 21.3. The standard InChI is InChI=1S/C22H26N2O6/c1-13(25)24-19(15-9-20(28-4)22(30-6)21(10-15)29-5)12-18(23-24)14-7-16(26-2)11-17(8-14)27-3/h7-11,19H,12H2,1-6H3. The van der Waals surface area contributed by atoms with Gasteiger partial charge in [-0.2, -0.15) is 5.10 Å². The summed E-state index contributed by atoms with van der Waals surface area (Å²) in [6.07, 6.45) is 0.508. The van der Waals surface area contributed by atoms with Crippen LogP contribution in [0.4, 0.5) is 0 Å². The van der Waals surface area contributed by atoms with Crippen LogP contribution in [0.15, 0.2) is 35.4 Å². The van der Waals surface area contributed by atoms with E-state index in [1.54, 1.807) is 41.6 Å². The van der Waals surface area contributed by atoms with E-state index in [0.29, 0.717) is 35.2 Å². The molecule has 0 N–H and O–H groups in total. The number of hydrogen-bond donors (Lipinski definition) is 0. The van der Waals surface area contributed by atoms with Gasteiger partial charge in [0.15, 0.2) is 11.5 Å². The lowest BCUT2D eigenvalue weighted by Crippen LogP contribution is -2.24. The minimum atomic E-state index is -0.316. The van der Waals surface area contributed by atoms with Gasteiger partial charge < -0.3 is 23.7 Å². The van der Waals surface area contributed by atoms with E-state index < -0.39 is 0 Å². The number of ether oxygens (including phenoxy) is 5. The molecule has 1 atom stereocenters. The zero-order chi connectivity index (χ0) is 21.8. The van der Waals surface area contributed by atoms with Crippen molar-refractivity contribution in [2.75, 3.05) is 35.5 Å². The van der Waals surface area contributed by atoms with Gasteiger partial charge in [-0.25, -0.2) is 5.01 Å². The van der Waals surface area contributed by atoms with Gasteiger partial charge in [0.05, 0.1) is 47.3 Å². The van der Waals surface area contributed by atoms with Gasteiger partial charge in [0.25, 0.3) is 0 Å². The first-order chi connectivity index (χ1) is 14.4. The molecule has 0 saturated carbocycles. The zero-order valence-electron chi connectivity index (χ0n) is 18.0. The third-order valence-electron chi connectivity index (χ3n) is 4.99. The first-order valence-electron chi connectivity index (χ1n) is 9.36. The fraction of sp³-hybridized carbons (Fsp3) is 0.364. The number of carbonyl (C=O) groups excluding carboxylic acids is 1. The van der Waals surface area contributed by atoms with Crippen LogP contribution in [0.2, 0.25) is 0 Å². The van der Waals surface area contributed by atoms with Crippen LogP contribution in [0.25, 0.3) is 0 Å². The summed E-state index contributed by atoms with van der Waals surface area (Å²) in [6.45, 7) is 1.49. The van der Waals surface area contributed by atoms with Gasteiger partial charge in [0, 0.05) is 25.0 Å². The lowest BCUT2D eigenvalue weighted by Gasteiger charge is -2.22. The molecule has 30 heavy (non-hydrogen) atoms. The number of hydrazone groups is 1. The highest BCUT2D eigenvalue weighted by Gasteiger charge is 2.33. The molecule has 0 radical (unpaired) electrons. The molecule has 1 heterocycles. The Morgan fingerprint density at radius 1 is 0.867 bits per heavy atom. The highest BCUT2D eigenvalue weighted by atomic mass is 16.5. The van der Waals surface area contributed by atoms with Crippen LogP contribution in [-0.4, -0.2) is 52.2 Å². The summed E-state index contributed by atoms with van der Waals surface area (Å²) in [5.74, 6) is 2.67. The van der Waals surface area contributed by atoms with Crippen molar-refractivity contribution in [2.24, 2.45) is 5.10 Å². The van der Waals surface area contributed by atoms with Crippen molar-refractivity contribution < 1.29 is 28.5 Å².